The molecule has 1 amide bonds. The van der Waals surface area contributed by atoms with E-state index in [9.17, 15) is 22.8 Å². The molecule has 7 heteroatoms. The van der Waals surface area contributed by atoms with Crippen LogP contribution in [-0.4, -0.2) is 18.3 Å². The van der Waals surface area contributed by atoms with Gasteiger partial charge in [0, 0.05) is 18.5 Å². The largest absolute Gasteiger partial charge is 0.484 e. The molecule has 26 heavy (non-hydrogen) atoms. The third-order valence-electron chi connectivity index (χ3n) is 3.64. The Morgan fingerprint density at radius 2 is 1.62 bits per heavy atom. The summed E-state index contributed by atoms with van der Waals surface area (Å²) in [7, 11) is 0. The number of carbonyl (C=O) groups excluding carboxylic acids is 2. The minimum absolute atomic E-state index is 0.0193. The molecular weight excluding hydrogens is 347 g/mol. The zero-order valence-electron chi connectivity index (χ0n) is 14.1. The van der Waals surface area contributed by atoms with Crippen molar-refractivity contribution in [3.8, 4) is 5.75 Å². The molecule has 0 fully saturated rings. The van der Waals surface area contributed by atoms with Crippen molar-refractivity contribution < 1.29 is 27.5 Å². The van der Waals surface area contributed by atoms with Gasteiger partial charge in [0.15, 0.2) is 12.4 Å². The van der Waals surface area contributed by atoms with E-state index in [1.807, 2.05) is 0 Å². The number of amides is 1. The Kier molecular flexibility index (Phi) is 6.38. The maximum absolute atomic E-state index is 12.5. The fraction of sp³-hybridized carbons (Fsp3) is 0.263. The van der Waals surface area contributed by atoms with E-state index in [0.717, 1.165) is 12.1 Å². The van der Waals surface area contributed by atoms with Gasteiger partial charge in [-0.2, -0.15) is 13.2 Å². The van der Waals surface area contributed by atoms with Crippen LogP contribution < -0.4 is 10.1 Å². The number of nitrogens with one attached hydrogen (secondary N) is 1. The zero-order chi connectivity index (χ0) is 19.2. The summed E-state index contributed by atoms with van der Waals surface area (Å²) in [6, 6.07) is 11.0. The van der Waals surface area contributed by atoms with Crippen LogP contribution in [0.2, 0.25) is 0 Å². The number of benzene rings is 2. The number of ether oxygens (including phenoxy) is 1. The standard InChI is InChI=1S/C19H18F3NO3/c1-2-17(24)14-5-9-16(10-6-14)26-12-18(25)23-11-13-3-7-15(8-4-13)19(20,21)22/h3-10H,2,11-12H2,1H3,(H,23,25). The van der Waals surface area contributed by atoms with Crippen LogP contribution in [0.25, 0.3) is 0 Å². The molecule has 0 bridgehead atoms. The van der Waals surface area contributed by atoms with Crippen LogP contribution in [0.4, 0.5) is 13.2 Å². The van der Waals surface area contributed by atoms with Crippen LogP contribution in [0.15, 0.2) is 48.5 Å². The zero-order valence-corrected chi connectivity index (χ0v) is 14.1. The number of rotatable bonds is 7. The molecular formula is C19H18F3NO3. The quantitative estimate of drug-likeness (QED) is 0.755. The smallest absolute Gasteiger partial charge is 0.416 e. The molecule has 0 aliphatic carbocycles. The summed E-state index contributed by atoms with van der Waals surface area (Å²) in [6.45, 7) is 1.64. The van der Waals surface area contributed by atoms with Gasteiger partial charge in [-0.25, -0.2) is 0 Å². The summed E-state index contributed by atoms with van der Waals surface area (Å²) in [4.78, 5) is 23.3. The number of Topliss-reactive ketones (excluding diaryl/α,β-unsaturated/α-hetero) is 1. The van der Waals surface area contributed by atoms with Crippen LogP contribution in [0.1, 0.15) is 34.8 Å². The number of hydrogen-bond donors (Lipinski definition) is 1. The van der Waals surface area contributed by atoms with Crippen molar-refractivity contribution in [2.45, 2.75) is 26.1 Å². The van der Waals surface area contributed by atoms with Gasteiger partial charge in [-0.05, 0) is 42.0 Å². The number of halogens is 3. The SMILES string of the molecule is CCC(=O)c1ccc(OCC(=O)NCc2ccc(C(F)(F)F)cc2)cc1. The molecule has 0 aliphatic heterocycles. The highest BCUT2D eigenvalue weighted by Gasteiger charge is 2.29. The van der Waals surface area contributed by atoms with E-state index in [2.05, 4.69) is 5.32 Å². The van der Waals surface area contributed by atoms with Crippen molar-refractivity contribution in [2.75, 3.05) is 6.61 Å². The summed E-state index contributed by atoms with van der Waals surface area (Å²) < 4.78 is 42.8. The number of hydrogen-bond acceptors (Lipinski definition) is 3. The van der Waals surface area contributed by atoms with Crippen molar-refractivity contribution in [3.63, 3.8) is 0 Å². The lowest BCUT2D eigenvalue weighted by molar-refractivity contribution is -0.137. The summed E-state index contributed by atoms with van der Waals surface area (Å²) in [5.41, 5.74) is 0.390. The van der Waals surface area contributed by atoms with Gasteiger partial charge in [0.1, 0.15) is 5.75 Å². The molecule has 0 spiro atoms. The summed E-state index contributed by atoms with van der Waals surface area (Å²) in [5.74, 6) is 0.0618. The molecule has 0 aliphatic rings. The fourth-order valence-corrected chi connectivity index (χ4v) is 2.15. The topological polar surface area (TPSA) is 55.4 Å². The molecule has 1 N–H and O–H groups in total. The van der Waals surface area contributed by atoms with Crippen LogP contribution in [0.5, 0.6) is 5.75 Å². The van der Waals surface area contributed by atoms with Crippen molar-refractivity contribution in [2.24, 2.45) is 0 Å². The molecule has 2 aromatic rings. The lowest BCUT2D eigenvalue weighted by Gasteiger charge is -2.09. The van der Waals surface area contributed by atoms with E-state index in [1.165, 1.54) is 12.1 Å². The Bertz CT molecular complexity index is 753. The van der Waals surface area contributed by atoms with Crippen LogP contribution in [0, 0.1) is 0 Å². The fourth-order valence-electron chi connectivity index (χ4n) is 2.15. The second-order valence-electron chi connectivity index (χ2n) is 5.56. The van der Waals surface area contributed by atoms with Crippen LogP contribution in [0.3, 0.4) is 0 Å². The number of alkyl halides is 3. The minimum atomic E-state index is -4.38. The minimum Gasteiger partial charge on any atom is -0.484 e. The summed E-state index contributed by atoms with van der Waals surface area (Å²) in [5, 5.41) is 2.57. The second kappa shape index (κ2) is 8.51. The number of ketones is 1. The van der Waals surface area contributed by atoms with Gasteiger partial charge in [0.05, 0.1) is 5.56 Å². The molecule has 0 atom stereocenters. The first-order valence-corrected chi connectivity index (χ1v) is 7.98. The van der Waals surface area contributed by atoms with E-state index in [0.29, 0.717) is 23.3 Å². The predicted molar refractivity (Wildman–Crippen MR) is 89.8 cm³/mol. The second-order valence-corrected chi connectivity index (χ2v) is 5.56. The van der Waals surface area contributed by atoms with Gasteiger partial charge in [-0.1, -0.05) is 19.1 Å². The van der Waals surface area contributed by atoms with E-state index < -0.39 is 17.6 Å². The normalized spacial score (nSPS) is 11.1. The average molecular weight is 365 g/mol. The summed E-state index contributed by atoms with van der Waals surface area (Å²) >= 11 is 0. The molecule has 138 valence electrons. The van der Waals surface area contributed by atoms with E-state index in [1.54, 1.807) is 31.2 Å². The van der Waals surface area contributed by atoms with E-state index in [-0.39, 0.29) is 18.9 Å². The third kappa shape index (κ3) is 5.61. The first-order valence-electron chi connectivity index (χ1n) is 7.98. The van der Waals surface area contributed by atoms with E-state index >= 15 is 0 Å². The Balaban J connectivity index is 1.79. The highest BCUT2D eigenvalue weighted by Crippen LogP contribution is 2.29. The van der Waals surface area contributed by atoms with Crippen molar-refractivity contribution >= 4 is 11.7 Å². The van der Waals surface area contributed by atoms with Crippen LogP contribution in [-0.2, 0) is 17.5 Å². The molecule has 0 aromatic heterocycles. The first-order chi connectivity index (χ1) is 12.3. The molecule has 0 saturated carbocycles. The highest BCUT2D eigenvalue weighted by molar-refractivity contribution is 5.95. The average Bonchev–Trinajstić information content (AvgIpc) is 2.64. The molecule has 0 radical (unpaired) electrons. The Morgan fingerprint density at radius 1 is 1.00 bits per heavy atom. The molecule has 2 aromatic carbocycles. The molecule has 4 nitrogen and oxygen atoms in total. The molecule has 0 saturated heterocycles. The molecule has 0 unspecified atom stereocenters. The lowest BCUT2D eigenvalue weighted by atomic mass is 10.1. The van der Waals surface area contributed by atoms with Gasteiger partial charge in [0.25, 0.3) is 5.91 Å². The molecule has 2 rings (SSSR count). The Hall–Kier alpha value is -2.83. The van der Waals surface area contributed by atoms with Gasteiger partial charge < -0.3 is 10.1 Å². The number of carbonyl (C=O) groups is 2. The monoisotopic (exact) mass is 365 g/mol. The Morgan fingerprint density at radius 3 is 2.15 bits per heavy atom. The van der Waals surface area contributed by atoms with Gasteiger partial charge in [-0.15, -0.1) is 0 Å². The van der Waals surface area contributed by atoms with Crippen molar-refractivity contribution in [1.82, 2.24) is 5.32 Å². The predicted octanol–water partition coefficient (Wildman–Crippen LogP) is 3.99. The van der Waals surface area contributed by atoms with Gasteiger partial charge in [0.2, 0.25) is 0 Å². The van der Waals surface area contributed by atoms with Gasteiger partial charge in [-0.3, -0.25) is 9.59 Å². The summed E-state index contributed by atoms with van der Waals surface area (Å²) in [6.07, 6.45) is -3.97. The maximum Gasteiger partial charge on any atom is 0.416 e. The van der Waals surface area contributed by atoms with Gasteiger partial charge >= 0.3 is 6.18 Å². The van der Waals surface area contributed by atoms with Crippen LogP contribution >= 0.6 is 0 Å². The third-order valence-corrected chi connectivity index (χ3v) is 3.64. The maximum atomic E-state index is 12.5. The first kappa shape index (κ1) is 19.5. The molecule has 0 heterocycles. The highest BCUT2D eigenvalue weighted by atomic mass is 19.4. The van der Waals surface area contributed by atoms with Crippen molar-refractivity contribution in [1.29, 1.82) is 0 Å². The Labute approximate surface area is 149 Å². The van der Waals surface area contributed by atoms with Crippen molar-refractivity contribution in [3.05, 3.63) is 65.2 Å². The lowest BCUT2D eigenvalue weighted by Crippen LogP contribution is -2.28. The van der Waals surface area contributed by atoms with E-state index in [4.69, 9.17) is 4.74 Å².